The molecule has 1 aromatic carbocycles. The molecule has 0 N–H and O–H groups in total. The molecular formula is C19H24N2O4. The first-order valence-corrected chi connectivity index (χ1v) is 8.45. The summed E-state index contributed by atoms with van der Waals surface area (Å²) in [5.74, 6) is 2.31. The van der Waals surface area contributed by atoms with Gasteiger partial charge in [0.25, 0.3) is 0 Å². The SMILES string of the molecule is COc1ccc(OC)c(CN(C(=O)Cc2c(C)noc2C)C2CC2)c1. The number of ether oxygens (including phenoxy) is 2. The zero-order chi connectivity index (χ0) is 18.0. The minimum atomic E-state index is 0.0850. The molecule has 6 nitrogen and oxygen atoms in total. The fourth-order valence-electron chi connectivity index (χ4n) is 3.00. The molecule has 134 valence electrons. The van der Waals surface area contributed by atoms with E-state index in [1.807, 2.05) is 36.9 Å². The number of nitrogens with zero attached hydrogens (tertiary/aromatic N) is 2. The molecule has 25 heavy (non-hydrogen) atoms. The van der Waals surface area contributed by atoms with Gasteiger partial charge in [-0.25, -0.2) is 0 Å². The highest BCUT2D eigenvalue weighted by Crippen LogP contribution is 2.32. The summed E-state index contributed by atoms with van der Waals surface area (Å²) in [4.78, 5) is 14.9. The first-order valence-electron chi connectivity index (χ1n) is 8.45. The summed E-state index contributed by atoms with van der Waals surface area (Å²) in [6, 6.07) is 5.95. The third-order valence-corrected chi connectivity index (χ3v) is 4.65. The third-order valence-electron chi connectivity index (χ3n) is 4.65. The van der Waals surface area contributed by atoms with Gasteiger partial charge in [-0.05, 0) is 44.9 Å². The summed E-state index contributed by atoms with van der Waals surface area (Å²) in [5, 5.41) is 3.94. The van der Waals surface area contributed by atoms with Gasteiger partial charge >= 0.3 is 0 Å². The molecule has 2 aromatic rings. The van der Waals surface area contributed by atoms with E-state index in [0.717, 1.165) is 41.2 Å². The molecule has 0 spiro atoms. The average Bonchev–Trinajstić information content (AvgIpc) is 3.41. The molecule has 1 aromatic heterocycles. The van der Waals surface area contributed by atoms with Crippen molar-refractivity contribution in [1.82, 2.24) is 10.1 Å². The van der Waals surface area contributed by atoms with Crippen LogP contribution in [0.3, 0.4) is 0 Å². The van der Waals surface area contributed by atoms with Crippen LogP contribution in [0.2, 0.25) is 0 Å². The number of hydrogen-bond donors (Lipinski definition) is 0. The van der Waals surface area contributed by atoms with Gasteiger partial charge in [0, 0.05) is 23.7 Å². The predicted molar refractivity (Wildman–Crippen MR) is 92.8 cm³/mol. The van der Waals surface area contributed by atoms with Gasteiger partial charge in [0.05, 0.1) is 26.3 Å². The van der Waals surface area contributed by atoms with Gasteiger partial charge in [-0.15, -0.1) is 0 Å². The van der Waals surface area contributed by atoms with Crippen LogP contribution in [-0.2, 0) is 17.8 Å². The van der Waals surface area contributed by atoms with Gasteiger partial charge in [0.2, 0.25) is 5.91 Å². The maximum absolute atomic E-state index is 12.9. The van der Waals surface area contributed by atoms with Crippen molar-refractivity contribution in [2.45, 2.75) is 45.7 Å². The predicted octanol–water partition coefficient (Wildman–Crippen LogP) is 3.04. The lowest BCUT2D eigenvalue weighted by Crippen LogP contribution is -2.34. The maximum atomic E-state index is 12.9. The Kier molecular flexibility index (Phi) is 4.97. The Balaban J connectivity index is 1.81. The van der Waals surface area contributed by atoms with E-state index in [-0.39, 0.29) is 5.91 Å². The van der Waals surface area contributed by atoms with Crippen LogP contribution in [0.4, 0.5) is 0 Å². The molecule has 1 aliphatic carbocycles. The fraction of sp³-hybridized carbons (Fsp3) is 0.474. The van der Waals surface area contributed by atoms with E-state index in [4.69, 9.17) is 14.0 Å². The lowest BCUT2D eigenvalue weighted by atomic mass is 10.1. The topological polar surface area (TPSA) is 64.8 Å². The molecule has 1 amide bonds. The second kappa shape index (κ2) is 7.17. The van der Waals surface area contributed by atoms with Crippen molar-refractivity contribution in [2.24, 2.45) is 0 Å². The number of benzene rings is 1. The van der Waals surface area contributed by atoms with Crippen LogP contribution in [0.25, 0.3) is 0 Å². The zero-order valence-corrected chi connectivity index (χ0v) is 15.2. The zero-order valence-electron chi connectivity index (χ0n) is 15.2. The van der Waals surface area contributed by atoms with Crippen molar-refractivity contribution in [2.75, 3.05) is 14.2 Å². The van der Waals surface area contributed by atoms with Gasteiger partial charge in [0.15, 0.2) is 0 Å². The molecule has 1 saturated carbocycles. The normalized spacial score (nSPS) is 13.6. The molecular weight excluding hydrogens is 320 g/mol. The van der Waals surface area contributed by atoms with Crippen LogP contribution < -0.4 is 9.47 Å². The van der Waals surface area contributed by atoms with E-state index in [9.17, 15) is 4.79 Å². The van der Waals surface area contributed by atoms with Crippen molar-refractivity contribution in [3.05, 3.63) is 40.8 Å². The highest BCUT2D eigenvalue weighted by atomic mass is 16.5. The van der Waals surface area contributed by atoms with E-state index < -0.39 is 0 Å². The quantitative estimate of drug-likeness (QED) is 0.772. The second-order valence-corrected chi connectivity index (χ2v) is 6.41. The van der Waals surface area contributed by atoms with E-state index in [1.165, 1.54) is 0 Å². The Morgan fingerprint density at radius 3 is 2.60 bits per heavy atom. The van der Waals surface area contributed by atoms with Crippen LogP contribution in [0.15, 0.2) is 22.7 Å². The van der Waals surface area contributed by atoms with E-state index in [2.05, 4.69) is 5.16 Å². The number of amides is 1. The fourth-order valence-corrected chi connectivity index (χ4v) is 3.00. The van der Waals surface area contributed by atoms with Gasteiger partial charge in [-0.2, -0.15) is 0 Å². The Bertz CT molecular complexity index is 745. The molecule has 0 radical (unpaired) electrons. The Hall–Kier alpha value is -2.50. The van der Waals surface area contributed by atoms with Crippen molar-refractivity contribution >= 4 is 5.91 Å². The lowest BCUT2D eigenvalue weighted by molar-refractivity contribution is -0.131. The molecule has 0 unspecified atom stereocenters. The smallest absolute Gasteiger partial charge is 0.227 e. The summed E-state index contributed by atoms with van der Waals surface area (Å²) >= 11 is 0. The average molecular weight is 344 g/mol. The highest BCUT2D eigenvalue weighted by molar-refractivity contribution is 5.80. The van der Waals surface area contributed by atoms with E-state index >= 15 is 0 Å². The first kappa shape index (κ1) is 17.3. The molecule has 1 heterocycles. The Labute approximate surface area is 147 Å². The van der Waals surface area contributed by atoms with Crippen LogP contribution in [-0.4, -0.2) is 36.2 Å². The number of aryl methyl sites for hydroxylation is 2. The number of carbonyl (C=O) groups excluding carboxylic acids is 1. The van der Waals surface area contributed by atoms with Crippen molar-refractivity contribution in [3.63, 3.8) is 0 Å². The molecule has 0 atom stereocenters. The summed E-state index contributed by atoms with van der Waals surface area (Å²) in [6.07, 6.45) is 2.39. The number of carbonyl (C=O) groups is 1. The number of hydrogen-bond acceptors (Lipinski definition) is 5. The molecule has 1 aliphatic rings. The molecule has 0 saturated heterocycles. The molecule has 1 fully saturated rings. The highest BCUT2D eigenvalue weighted by Gasteiger charge is 2.33. The van der Waals surface area contributed by atoms with Crippen LogP contribution >= 0.6 is 0 Å². The molecule has 3 rings (SSSR count). The second-order valence-electron chi connectivity index (χ2n) is 6.41. The number of aromatic nitrogens is 1. The lowest BCUT2D eigenvalue weighted by Gasteiger charge is -2.24. The Morgan fingerprint density at radius 2 is 2.04 bits per heavy atom. The van der Waals surface area contributed by atoms with Crippen LogP contribution in [0.1, 0.15) is 35.4 Å². The van der Waals surface area contributed by atoms with Gasteiger partial charge in [-0.1, -0.05) is 5.16 Å². The summed E-state index contributed by atoms with van der Waals surface area (Å²) in [5.41, 5.74) is 2.61. The first-order chi connectivity index (χ1) is 12.0. The van der Waals surface area contributed by atoms with E-state index in [0.29, 0.717) is 24.8 Å². The summed E-state index contributed by atoms with van der Waals surface area (Å²) in [6.45, 7) is 4.22. The summed E-state index contributed by atoms with van der Waals surface area (Å²) in [7, 11) is 3.27. The molecule has 0 bridgehead atoms. The van der Waals surface area contributed by atoms with Crippen molar-refractivity contribution < 1.29 is 18.8 Å². The molecule has 6 heteroatoms. The number of rotatable bonds is 7. The monoisotopic (exact) mass is 344 g/mol. The van der Waals surface area contributed by atoms with Crippen LogP contribution in [0.5, 0.6) is 11.5 Å². The largest absolute Gasteiger partial charge is 0.497 e. The minimum Gasteiger partial charge on any atom is -0.497 e. The molecule has 0 aliphatic heterocycles. The Morgan fingerprint density at radius 1 is 1.28 bits per heavy atom. The van der Waals surface area contributed by atoms with E-state index in [1.54, 1.807) is 14.2 Å². The number of methoxy groups -OCH3 is 2. The van der Waals surface area contributed by atoms with Crippen molar-refractivity contribution in [3.8, 4) is 11.5 Å². The van der Waals surface area contributed by atoms with Gasteiger partial charge < -0.3 is 18.9 Å². The maximum Gasteiger partial charge on any atom is 0.227 e. The third kappa shape index (κ3) is 3.78. The standard InChI is InChI=1S/C19H24N2O4/c1-12-17(13(2)25-20-12)10-19(22)21(15-5-6-15)11-14-9-16(23-3)7-8-18(14)24-4/h7-9,15H,5-6,10-11H2,1-4H3. The van der Waals surface area contributed by atoms with Gasteiger partial charge in [0.1, 0.15) is 17.3 Å². The van der Waals surface area contributed by atoms with Crippen molar-refractivity contribution in [1.29, 1.82) is 0 Å². The summed E-state index contributed by atoms with van der Waals surface area (Å²) < 4.78 is 15.9. The van der Waals surface area contributed by atoms with Crippen LogP contribution in [0, 0.1) is 13.8 Å². The minimum absolute atomic E-state index is 0.0850. The van der Waals surface area contributed by atoms with Gasteiger partial charge in [-0.3, -0.25) is 4.79 Å².